The summed E-state index contributed by atoms with van der Waals surface area (Å²) in [5.41, 5.74) is -0.598. The summed E-state index contributed by atoms with van der Waals surface area (Å²) in [6.07, 6.45) is 1.05. The fraction of sp³-hybridized carbons (Fsp3) is 0.0769. The molecule has 0 spiro atoms. The molecule has 0 aliphatic carbocycles. The molecule has 7 nitrogen and oxygen atoms in total. The third kappa shape index (κ3) is 2.78. The van der Waals surface area contributed by atoms with Gasteiger partial charge in [0, 0.05) is 12.3 Å². The smallest absolute Gasteiger partial charge is 0.338 e. The number of nitro groups is 1. The number of carboxylic acid groups (broad SMARTS) is 1. The van der Waals surface area contributed by atoms with E-state index in [9.17, 15) is 19.3 Å². The van der Waals surface area contributed by atoms with Crippen molar-refractivity contribution in [3.63, 3.8) is 0 Å². The zero-order valence-electron chi connectivity index (χ0n) is 10.7. The Bertz CT molecular complexity index is 732. The highest BCUT2D eigenvalue weighted by atomic mass is 19.1. The van der Waals surface area contributed by atoms with Gasteiger partial charge in [-0.1, -0.05) is 12.1 Å². The van der Waals surface area contributed by atoms with E-state index in [1.165, 1.54) is 12.1 Å². The fourth-order valence-electron chi connectivity index (χ4n) is 1.67. The molecule has 0 bridgehead atoms. The lowest BCUT2D eigenvalue weighted by molar-refractivity contribution is -0.385. The van der Waals surface area contributed by atoms with E-state index in [-0.39, 0.29) is 11.4 Å². The maximum absolute atomic E-state index is 13.9. The van der Waals surface area contributed by atoms with Gasteiger partial charge in [-0.2, -0.15) is 0 Å². The van der Waals surface area contributed by atoms with Crippen LogP contribution >= 0.6 is 0 Å². The van der Waals surface area contributed by atoms with Crippen LogP contribution in [0.4, 0.5) is 10.1 Å². The first kappa shape index (κ1) is 14.4. The van der Waals surface area contributed by atoms with E-state index in [4.69, 9.17) is 9.84 Å². The van der Waals surface area contributed by atoms with Gasteiger partial charge in [0.2, 0.25) is 5.75 Å². The van der Waals surface area contributed by atoms with Crippen molar-refractivity contribution >= 4 is 11.7 Å². The van der Waals surface area contributed by atoms with Crippen molar-refractivity contribution in [2.24, 2.45) is 0 Å². The van der Waals surface area contributed by atoms with Crippen LogP contribution in [0, 0.1) is 22.9 Å². The number of pyridine rings is 1. The summed E-state index contributed by atoms with van der Waals surface area (Å²) in [6.45, 7) is 1.54. The van der Waals surface area contributed by atoms with Crippen molar-refractivity contribution in [3.8, 4) is 11.6 Å². The highest BCUT2D eigenvalue weighted by Crippen LogP contribution is 2.34. The summed E-state index contributed by atoms with van der Waals surface area (Å²) in [4.78, 5) is 24.7. The van der Waals surface area contributed by atoms with Crippen LogP contribution in [0.2, 0.25) is 0 Å². The Kier molecular flexibility index (Phi) is 3.79. The predicted octanol–water partition coefficient (Wildman–Crippen LogP) is 2.93. The molecule has 1 aromatic carbocycles. The molecule has 0 unspecified atom stereocenters. The number of rotatable bonds is 4. The molecule has 0 saturated carbocycles. The van der Waals surface area contributed by atoms with Crippen LogP contribution < -0.4 is 4.74 Å². The number of nitro benzene ring substituents is 1. The van der Waals surface area contributed by atoms with Gasteiger partial charge in [0.15, 0.2) is 5.82 Å². The Morgan fingerprint density at radius 2 is 2.14 bits per heavy atom. The van der Waals surface area contributed by atoms with Gasteiger partial charge in [0.05, 0.1) is 4.92 Å². The first-order valence-electron chi connectivity index (χ1n) is 5.71. The standard InChI is InChI=1S/C13H9FN2O5/c1-7-3-2-4-9(16(19)20)11(7)21-12-10(14)8(13(17)18)5-6-15-12/h2-6H,1H3,(H,17,18). The minimum absolute atomic E-state index is 0.184. The number of aromatic nitrogens is 1. The van der Waals surface area contributed by atoms with Crippen LogP contribution in [0.3, 0.4) is 0 Å². The van der Waals surface area contributed by atoms with Gasteiger partial charge >= 0.3 is 11.7 Å². The van der Waals surface area contributed by atoms with E-state index in [2.05, 4.69) is 4.98 Å². The van der Waals surface area contributed by atoms with Crippen LogP contribution in [-0.2, 0) is 0 Å². The number of halogens is 1. The van der Waals surface area contributed by atoms with Crippen LogP contribution in [0.5, 0.6) is 11.6 Å². The van der Waals surface area contributed by atoms with E-state index >= 15 is 0 Å². The Hall–Kier alpha value is -3.03. The second-order valence-corrected chi connectivity index (χ2v) is 4.07. The van der Waals surface area contributed by atoms with Gasteiger partial charge < -0.3 is 9.84 Å². The average Bonchev–Trinajstić information content (AvgIpc) is 2.42. The van der Waals surface area contributed by atoms with Crippen molar-refractivity contribution in [1.29, 1.82) is 0 Å². The minimum Gasteiger partial charge on any atom is -0.478 e. The molecule has 2 aromatic rings. The summed E-state index contributed by atoms with van der Waals surface area (Å²) < 4.78 is 19.1. The summed E-state index contributed by atoms with van der Waals surface area (Å²) >= 11 is 0. The van der Waals surface area contributed by atoms with Crippen LogP contribution in [0.15, 0.2) is 30.5 Å². The lowest BCUT2D eigenvalue weighted by atomic mass is 10.2. The molecular formula is C13H9FN2O5. The number of hydrogen-bond donors (Lipinski definition) is 1. The zero-order valence-corrected chi connectivity index (χ0v) is 10.7. The van der Waals surface area contributed by atoms with E-state index in [0.717, 1.165) is 12.3 Å². The number of carbonyl (C=O) groups is 1. The predicted molar refractivity (Wildman–Crippen MR) is 69.1 cm³/mol. The molecule has 0 fully saturated rings. The molecule has 21 heavy (non-hydrogen) atoms. The highest BCUT2D eigenvalue weighted by molar-refractivity contribution is 5.88. The monoisotopic (exact) mass is 292 g/mol. The molecule has 0 aliphatic rings. The third-order valence-corrected chi connectivity index (χ3v) is 2.67. The molecule has 0 amide bonds. The maximum atomic E-state index is 13.9. The number of ether oxygens (including phenoxy) is 1. The quantitative estimate of drug-likeness (QED) is 0.686. The first-order valence-corrected chi connectivity index (χ1v) is 5.71. The second-order valence-electron chi connectivity index (χ2n) is 4.07. The number of benzene rings is 1. The molecule has 0 radical (unpaired) electrons. The van der Waals surface area contributed by atoms with E-state index in [0.29, 0.717) is 5.56 Å². The normalized spacial score (nSPS) is 10.2. The molecular weight excluding hydrogens is 283 g/mol. The lowest BCUT2D eigenvalue weighted by Crippen LogP contribution is -2.04. The van der Waals surface area contributed by atoms with Gasteiger partial charge in [-0.05, 0) is 18.6 Å². The van der Waals surface area contributed by atoms with Crippen molar-refractivity contribution in [2.45, 2.75) is 6.92 Å². The fourth-order valence-corrected chi connectivity index (χ4v) is 1.67. The SMILES string of the molecule is Cc1cccc([N+](=O)[O-])c1Oc1nccc(C(=O)O)c1F. The molecule has 8 heteroatoms. The molecule has 2 rings (SSSR count). The Morgan fingerprint density at radius 3 is 2.76 bits per heavy atom. The Morgan fingerprint density at radius 1 is 1.43 bits per heavy atom. The lowest BCUT2D eigenvalue weighted by Gasteiger charge is -2.09. The topological polar surface area (TPSA) is 103 Å². The number of hydrogen-bond acceptors (Lipinski definition) is 5. The van der Waals surface area contributed by atoms with Crippen molar-refractivity contribution in [1.82, 2.24) is 4.98 Å². The van der Waals surface area contributed by atoms with Gasteiger partial charge in [0.25, 0.3) is 5.88 Å². The van der Waals surface area contributed by atoms with Crippen molar-refractivity contribution < 1.29 is 24.0 Å². The first-order chi connectivity index (χ1) is 9.91. The van der Waals surface area contributed by atoms with Gasteiger partial charge in [-0.15, -0.1) is 0 Å². The molecule has 0 aliphatic heterocycles. The van der Waals surface area contributed by atoms with Crippen molar-refractivity contribution in [3.05, 3.63) is 57.5 Å². The minimum atomic E-state index is -1.49. The summed E-state index contributed by atoms with van der Waals surface area (Å²) in [5, 5.41) is 19.8. The molecule has 1 aromatic heterocycles. The number of aryl methyl sites for hydroxylation is 1. The van der Waals surface area contributed by atoms with E-state index in [1.807, 2.05) is 0 Å². The van der Waals surface area contributed by atoms with Crippen LogP contribution in [-0.4, -0.2) is 21.0 Å². The maximum Gasteiger partial charge on any atom is 0.338 e. The van der Waals surface area contributed by atoms with Crippen molar-refractivity contribution in [2.75, 3.05) is 0 Å². The van der Waals surface area contributed by atoms with Crippen LogP contribution in [0.25, 0.3) is 0 Å². The van der Waals surface area contributed by atoms with E-state index < -0.39 is 28.2 Å². The van der Waals surface area contributed by atoms with Crippen LogP contribution in [0.1, 0.15) is 15.9 Å². The van der Waals surface area contributed by atoms with E-state index in [1.54, 1.807) is 13.0 Å². The number of carboxylic acids is 1. The average molecular weight is 292 g/mol. The Labute approximate surface area is 117 Å². The molecule has 1 heterocycles. The summed E-state index contributed by atoms with van der Waals surface area (Å²) in [7, 11) is 0. The highest BCUT2D eigenvalue weighted by Gasteiger charge is 2.22. The largest absolute Gasteiger partial charge is 0.478 e. The number of aromatic carboxylic acids is 1. The molecule has 1 N–H and O–H groups in total. The number of nitrogens with zero attached hydrogens (tertiary/aromatic N) is 2. The van der Waals surface area contributed by atoms with Gasteiger partial charge in [0.1, 0.15) is 5.56 Å². The molecule has 108 valence electrons. The third-order valence-electron chi connectivity index (χ3n) is 2.67. The Balaban J connectivity index is 2.51. The zero-order chi connectivity index (χ0) is 15.6. The number of para-hydroxylation sites is 1. The molecule has 0 atom stereocenters. The summed E-state index contributed by atoms with van der Waals surface area (Å²) in [6, 6.07) is 5.16. The van der Waals surface area contributed by atoms with Gasteiger partial charge in [-0.25, -0.2) is 14.2 Å². The summed E-state index contributed by atoms with van der Waals surface area (Å²) in [5.74, 6) is -3.50. The van der Waals surface area contributed by atoms with Gasteiger partial charge in [-0.3, -0.25) is 10.1 Å². The second kappa shape index (κ2) is 5.53. The molecule has 0 saturated heterocycles.